The van der Waals surface area contributed by atoms with Crippen LogP contribution in [0.3, 0.4) is 0 Å². The molecule has 2 rings (SSSR count). The molecule has 0 aliphatic rings. The van der Waals surface area contributed by atoms with E-state index >= 15 is 0 Å². The van der Waals surface area contributed by atoms with Gasteiger partial charge in [-0.25, -0.2) is 4.98 Å². The maximum Gasteiger partial charge on any atom is 0.0997 e. The maximum absolute atomic E-state index is 5.75. The Hall–Kier alpha value is -1.68. The fourth-order valence-corrected chi connectivity index (χ4v) is 1.57. The number of imidazole rings is 1. The minimum absolute atomic E-state index is 0.0281. The van der Waals surface area contributed by atoms with Gasteiger partial charge in [-0.3, -0.25) is 4.98 Å². The Morgan fingerprint density at radius 3 is 2.44 bits per heavy atom. The number of nitrogens with zero attached hydrogens (tertiary/aromatic N) is 3. The standard InChI is InChI=1S/C12H16N4/c1-8(13)12-5-4-11(6-14-12)16-7-15-9(2)10(16)3/h4-8H,13H2,1-3H3/t8-/m1/s1. The van der Waals surface area contributed by atoms with E-state index in [9.17, 15) is 0 Å². The second-order valence-corrected chi connectivity index (χ2v) is 4.02. The van der Waals surface area contributed by atoms with Gasteiger partial charge in [0.15, 0.2) is 0 Å². The molecule has 0 spiro atoms. The normalized spacial score (nSPS) is 12.8. The van der Waals surface area contributed by atoms with Crippen LogP contribution in [0.15, 0.2) is 24.7 Å². The molecule has 4 nitrogen and oxygen atoms in total. The van der Waals surface area contributed by atoms with Crippen molar-refractivity contribution >= 4 is 0 Å². The fourth-order valence-electron chi connectivity index (χ4n) is 1.57. The van der Waals surface area contributed by atoms with E-state index in [0.29, 0.717) is 0 Å². The highest BCUT2D eigenvalue weighted by Crippen LogP contribution is 2.14. The highest BCUT2D eigenvalue weighted by molar-refractivity contribution is 5.33. The molecule has 0 aromatic carbocycles. The second-order valence-electron chi connectivity index (χ2n) is 4.02. The summed E-state index contributed by atoms with van der Waals surface area (Å²) in [6.07, 6.45) is 3.64. The van der Waals surface area contributed by atoms with Gasteiger partial charge in [-0.1, -0.05) is 0 Å². The van der Waals surface area contributed by atoms with Crippen molar-refractivity contribution in [1.29, 1.82) is 0 Å². The molecule has 0 unspecified atom stereocenters. The summed E-state index contributed by atoms with van der Waals surface area (Å²) in [5.41, 5.74) is 9.84. The van der Waals surface area contributed by atoms with Gasteiger partial charge in [0, 0.05) is 11.7 Å². The first-order chi connectivity index (χ1) is 7.59. The van der Waals surface area contributed by atoms with Gasteiger partial charge >= 0.3 is 0 Å². The summed E-state index contributed by atoms with van der Waals surface area (Å²) < 4.78 is 2.02. The number of nitrogens with two attached hydrogens (primary N) is 1. The molecule has 4 heteroatoms. The molecule has 0 aliphatic carbocycles. The lowest BCUT2D eigenvalue weighted by Gasteiger charge is -2.08. The Bertz CT molecular complexity index is 482. The van der Waals surface area contributed by atoms with Crippen LogP contribution < -0.4 is 5.73 Å². The van der Waals surface area contributed by atoms with Gasteiger partial charge in [-0.15, -0.1) is 0 Å². The Labute approximate surface area is 95.1 Å². The SMILES string of the molecule is Cc1ncn(-c2ccc([C@@H](C)N)nc2)c1C. The third-order valence-electron chi connectivity index (χ3n) is 2.77. The highest BCUT2D eigenvalue weighted by Gasteiger charge is 2.05. The molecule has 1 atom stereocenters. The topological polar surface area (TPSA) is 56.7 Å². The third kappa shape index (κ3) is 1.84. The zero-order valence-corrected chi connectivity index (χ0v) is 9.81. The van der Waals surface area contributed by atoms with Crippen LogP contribution in [-0.4, -0.2) is 14.5 Å². The van der Waals surface area contributed by atoms with Gasteiger partial charge in [-0.05, 0) is 32.9 Å². The summed E-state index contributed by atoms with van der Waals surface area (Å²) >= 11 is 0. The zero-order valence-electron chi connectivity index (χ0n) is 9.81. The van der Waals surface area contributed by atoms with Crippen molar-refractivity contribution in [3.05, 3.63) is 41.7 Å². The number of rotatable bonds is 2. The summed E-state index contributed by atoms with van der Waals surface area (Å²) in [5, 5.41) is 0. The summed E-state index contributed by atoms with van der Waals surface area (Å²) in [6.45, 7) is 5.96. The quantitative estimate of drug-likeness (QED) is 0.834. The monoisotopic (exact) mass is 216 g/mol. The first kappa shape index (κ1) is 10.8. The second kappa shape index (κ2) is 4.06. The van der Waals surface area contributed by atoms with Gasteiger partial charge in [0.05, 0.1) is 29.6 Å². The van der Waals surface area contributed by atoms with Crippen LogP contribution in [0.5, 0.6) is 0 Å². The lowest BCUT2D eigenvalue weighted by molar-refractivity contribution is 0.778. The number of pyridine rings is 1. The van der Waals surface area contributed by atoms with E-state index in [1.165, 1.54) is 0 Å². The Morgan fingerprint density at radius 2 is 2.00 bits per heavy atom. The lowest BCUT2D eigenvalue weighted by Crippen LogP contribution is -2.07. The van der Waals surface area contributed by atoms with Gasteiger partial charge in [0.1, 0.15) is 0 Å². The maximum atomic E-state index is 5.75. The molecule has 2 N–H and O–H groups in total. The van der Waals surface area contributed by atoms with Crippen LogP contribution in [0.25, 0.3) is 5.69 Å². The first-order valence-electron chi connectivity index (χ1n) is 5.32. The summed E-state index contributed by atoms with van der Waals surface area (Å²) in [6, 6.07) is 3.94. The van der Waals surface area contributed by atoms with Crippen molar-refractivity contribution in [2.45, 2.75) is 26.8 Å². The zero-order chi connectivity index (χ0) is 11.7. The van der Waals surface area contributed by atoms with Crippen molar-refractivity contribution in [1.82, 2.24) is 14.5 Å². The molecule has 16 heavy (non-hydrogen) atoms. The minimum Gasteiger partial charge on any atom is -0.323 e. The molecule has 2 aromatic heterocycles. The molecule has 2 heterocycles. The molecule has 0 fully saturated rings. The summed E-state index contributed by atoms with van der Waals surface area (Å²) in [5.74, 6) is 0. The van der Waals surface area contributed by atoms with Crippen LogP contribution in [0.4, 0.5) is 0 Å². The van der Waals surface area contributed by atoms with Crippen molar-refractivity contribution < 1.29 is 0 Å². The van der Waals surface area contributed by atoms with Crippen LogP contribution in [0, 0.1) is 13.8 Å². The summed E-state index contributed by atoms with van der Waals surface area (Å²) in [7, 11) is 0. The van der Waals surface area contributed by atoms with Crippen LogP contribution in [0.1, 0.15) is 30.0 Å². The molecule has 84 valence electrons. The highest BCUT2D eigenvalue weighted by atomic mass is 15.1. The lowest BCUT2D eigenvalue weighted by atomic mass is 10.2. The fraction of sp³-hybridized carbons (Fsp3) is 0.333. The molecule has 0 radical (unpaired) electrons. The van der Waals surface area contributed by atoms with Crippen LogP contribution in [0.2, 0.25) is 0 Å². The predicted molar refractivity (Wildman–Crippen MR) is 63.4 cm³/mol. The van der Waals surface area contributed by atoms with Crippen LogP contribution in [-0.2, 0) is 0 Å². The third-order valence-corrected chi connectivity index (χ3v) is 2.77. The largest absolute Gasteiger partial charge is 0.323 e. The van der Waals surface area contributed by atoms with Crippen molar-refractivity contribution in [2.24, 2.45) is 5.73 Å². The van der Waals surface area contributed by atoms with E-state index in [0.717, 1.165) is 22.8 Å². The molecular formula is C12H16N4. The van der Waals surface area contributed by atoms with E-state index in [4.69, 9.17) is 5.73 Å². The van der Waals surface area contributed by atoms with E-state index in [2.05, 4.69) is 9.97 Å². The van der Waals surface area contributed by atoms with Crippen molar-refractivity contribution in [2.75, 3.05) is 0 Å². The minimum atomic E-state index is -0.0281. The van der Waals surface area contributed by atoms with Gasteiger partial charge in [0.25, 0.3) is 0 Å². The van der Waals surface area contributed by atoms with Gasteiger partial charge in [0.2, 0.25) is 0 Å². The van der Waals surface area contributed by atoms with E-state index in [1.54, 1.807) is 0 Å². The molecule has 0 saturated heterocycles. The molecular weight excluding hydrogens is 200 g/mol. The van der Waals surface area contributed by atoms with E-state index in [1.807, 2.05) is 50.0 Å². The van der Waals surface area contributed by atoms with Gasteiger partial charge < -0.3 is 10.3 Å². The number of hydrogen-bond acceptors (Lipinski definition) is 3. The smallest absolute Gasteiger partial charge is 0.0997 e. The Balaban J connectivity index is 2.38. The van der Waals surface area contributed by atoms with Crippen LogP contribution >= 0.6 is 0 Å². The molecule has 0 amide bonds. The average Bonchev–Trinajstić information content (AvgIpc) is 2.60. The first-order valence-corrected chi connectivity index (χ1v) is 5.32. The number of aryl methyl sites for hydroxylation is 1. The van der Waals surface area contributed by atoms with E-state index in [-0.39, 0.29) is 6.04 Å². The number of aromatic nitrogens is 3. The van der Waals surface area contributed by atoms with Gasteiger partial charge in [-0.2, -0.15) is 0 Å². The average molecular weight is 216 g/mol. The molecule has 0 bridgehead atoms. The summed E-state index contributed by atoms with van der Waals surface area (Å²) in [4.78, 5) is 8.59. The van der Waals surface area contributed by atoms with E-state index < -0.39 is 0 Å². The number of hydrogen-bond donors (Lipinski definition) is 1. The molecule has 2 aromatic rings. The van der Waals surface area contributed by atoms with Crippen molar-refractivity contribution in [3.8, 4) is 5.69 Å². The van der Waals surface area contributed by atoms with Crippen molar-refractivity contribution in [3.63, 3.8) is 0 Å². The molecule has 0 saturated carbocycles. The Kier molecular flexibility index (Phi) is 2.75. The Morgan fingerprint density at radius 1 is 1.25 bits per heavy atom. The molecule has 0 aliphatic heterocycles. The predicted octanol–water partition coefficient (Wildman–Crippen LogP) is 1.90.